The molecule has 1 fully saturated rings. The van der Waals surface area contributed by atoms with Crippen LogP contribution in [0.1, 0.15) is 51.3 Å². The third-order valence-electron chi connectivity index (χ3n) is 4.69. The van der Waals surface area contributed by atoms with E-state index >= 15 is 0 Å². The number of hydrogen-bond donors (Lipinski definition) is 1. The van der Waals surface area contributed by atoms with Crippen molar-refractivity contribution in [2.75, 3.05) is 20.3 Å². The van der Waals surface area contributed by atoms with Gasteiger partial charge in [-0.05, 0) is 47.2 Å². The van der Waals surface area contributed by atoms with E-state index in [1.807, 2.05) is 6.20 Å². The summed E-state index contributed by atoms with van der Waals surface area (Å²) >= 11 is 3.69. The smallest absolute Gasteiger partial charge is 0.0699 e. The van der Waals surface area contributed by atoms with Crippen molar-refractivity contribution in [2.45, 2.75) is 52.1 Å². The van der Waals surface area contributed by atoms with Crippen molar-refractivity contribution in [1.29, 1.82) is 0 Å². The molecule has 4 nitrogen and oxygen atoms in total. The molecule has 1 aromatic heterocycles. The molecule has 1 heterocycles. The number of ether oxygens (including phenoxy) is 1. The molecule has 0 saturated heterocycles. The second-order valence-electron chi connectivity index (χ2n) is 5.98. The van der Waals surface area contributed by atoms with E-state index in [0.29, 0.717) is 18.6 Å². The molecule has 120 valence electrons. The fourth-order valence-corrected chi connectivity index (χ4v) is 4.07. The van der Waals surface area contributed by atoms with Crippen LogP contribution >= 0.6 is 15.9 Å². The normalized spacial score (nSPS) is 23.6. The first-order valence-corrected chi connectivity index (χ1v) is 8.94. The fourth-order valence-electron chi connectivity index (χ4n) is 3.53. The molecule has 5 heteroatoms. The standard InChI is InChI=1S/C16H28BrN3O/c1-4-12-6-7-13(10-12)15(18-5-2)16-14(17)11-19-20(16)8-9-21-3/h11-13,15,18H,4-10H2,1-3H3. The van der Waals surface area contributed by atoms with Crippen LogP contribution in [-0.4, -0.2) is 30.0 Å². The molecule has 0 amide bonds. The van der Waals surface area contributed by atoms with Crippen LogP contribution in [0.15, 0.2) is 10.7 Å². The fraction of sp³-hybridized carbons (Fsp3) is 0.812. The van der Waals surface area contributed by atoms with Gasteiger partial charge in [-0.2, -0.15) is 5.10 Å². The average Bonchev–Trinajstić information content (AvgIpc) is 3.10. The van der Waals surface area contributed by atoms with E-state index in [9.17, 15) is 0 Å². The Bertz CT molecular complexity index is 435. The van der Waals surface area contributed by atoms with Gasteiger partial charge in [0.1, 0.15) is 0 Å². The van der Waals surface area contributed by atoms with Gasteiger partial charge in [-0.15, -0.1) is 0 Å². The van der Waals surface area contributed by atoms with Crippen molar-refractivity contribution in [3.63, 3.8) is 0 Å². The summed E-state index contributed by atoms with van der Waals surface area (Å²) in [6.45, 7) is 6.99. The second-order valence-corrected chi connectivity index (χ2v) is 6.83. The average molecular weight is 358 g/mol. The highest BCUT2D eigenvalue weighted by Crippen LogP contribution is 2.41. The van der Waals surface area contributed by atoms with Gasteiger partial charge in [-0.1, -0.05) is 26.7 Å². The predicted octanol–water partition coefficient (Wildman–Crippen LogP) is 3.77. The van der Waals surface area contributed by atoms with Gasteiger partial charge < -0.3 is 10.1 Å². The maximum absolute atomic E-state index is 5.21. The van der Waals surface area contributed by atoms with Crippen LogP contribution in [0.2, 0.25) is 0 Å². The summed E-state index contributed by atoms with van der Waals surface area (Å²) in [5.74, 6) is 1.61. The van der Waals surface area contributed by atoms with Gasteiger partial charge in [-0.3, -0.25) is 4.68 Å². The first-order chi connectivity index (χ1) is 10.2. The van der Waals surface area contributed by atoms with Gasteiger partial charge in [0.25, 0.3) is 0 Å². The quantitative estimate of drug-likeness (QED) is 0.769. The van der Waals surface area contributed by atoms with Crippen LogP contribution in [0.5, 0.6) is 0 Å². The number of aromatic nitrogens is 2. The van der Waals surface area contributed by atoms with E-state index in [-0.39, 0.29) is 0 Å². The molecular weight excluding hydrogens is 330 g/mol. The zero-order valence-corrected chi connectivity index (χ0v) is 15.0. The Balaban J connectivity index is 2.19. The lowest BCUT2D eigenvalue weighted by atomic mass is 9.93. The Hall–Kier alpha value is -0.390. The Kier molecular flexibility index (Phi) is 6.71. The molecule has 2 rings (SSSR count). The molecule has 21 heavy (non-hydrogen) atoms. The first kappa shape index (κ1) is 17.0. The summed E-state index contributed by atoms with van der Waals surface area (Å²) in [4.78, 5) is 0. The van der Waals surface area contributed by atoms with Gasteiger partial charge in [-0.25, -0.2) is 0 Å². The zero-order chi connectivity index (χ0) is 15.2. The molecule has 0 aromatic carbocycles. The molecule has 0 spiro atoms. The summed E-state index contributed by atoms with van der Waals surface area (Å²) < 4.78 is 8.43. The lowest BCUT2D eigenvalue weighted by Gasteiger charge is -2.26. The van der Waals surface area contributed by atoms with Crippen molar-refractivity contribution in [2.24, 2.45) is 11.8 Å². The summed E-state index contributed by atoms with van der Waals surface area (Å²) in [6, 6.07) is 0.389. The van der Waals surface area contributed by atoms with E-state index in [4.69, 9.17) is 4.74 Å². The summed E-state index contributed by atoms with van der Waals surface area (Å²) in [5, 5.41) is 8.21. The third kappa shape index (κ3) is 4.08. The molecule has 0 aliphatic heterocycles. The highest BCUT2D eigenvalue weighted by Gasteiger charge is 2.33. The van der Waals surface area contributed by atoms with Gasteiger partial charge >= 0.3 is 0 Å². The highest BCUT2D eigenvalue weighted by molar-refractivity contribution is 9.10. The minimum atomic E-state index is 0.389. The molecule has 1 aromatic rings. The monoisotopic (exact) mass is 357 g/mol. The minimum absolute atomic E-state index is 0.389. The molecule has 0 radical (unpaired) electrons. The van der Waals surface area contributed by atoms with Crippen molar-refractivity contribution >= 4 is 15.9 Å². The maximum Gasteiger partial charge on any atom is 0.0699 e. The molecule has 1 saturated carbocycles. The summed E-state index contributed by atoms with van der Waals surface area (Å²) in [7, 11) is 1.74. The van der Waals surface area contributed by atoms with Crippen molar-refractivity contribution in [3.8, 4) is 0 Å². The van der Waals surface area contributed by atoms with Gasteiger partial charge in [0.15, 0.2) is 0 Å². The van der Waals surface area contributed by atoms with Gasteiger partial charge in [0.2, 0.25) is 0 Å². The van der Waals surface area contributed by atoms with E-state index in [1.54, 1.807) is 7.11 Å². The molecule has 3 unspecified atom stereocenters. The Morgan fingerprint density at radius 3 is 2.90 bits per heavy atom. The number of halogens is 1. The molecule has 1 aliphatic carbocycles. The van der Waals surface area contributed by atoms with Crippen molar-refractivity contribution in [1.82, 2.24) is 15.1 Å². The van der Waals surface area contributed by atoms with Gasteiger partial charge in [0, 0.05) is 7.11 Å². The SMILES string of the molecule is CCNC(c1c(Br)cnn1CCOC)C1CCC(CC)C1. The minimum Gasteiger partial charge on any atom is -0.383 e. The van der Waals surface area contributed by atoms with Crippen LogP contribution in [0.4, 0.5) is 0 Å². The first-order valence-electron chi connectivity index (χ1n) is 8.14. The van der Waals surface area contributed by atoms with Gasteiger partial charge in [0.05, 0.1) is 35.6 Å². The van der Waals surface area contributed by atoms with E-state index in [0.717, 1.165) is 23.5 Å². The lowest BCUT2D eigenvalue weighted by Crippen LogP contribution is -2.30. The largest absolute Gasteiger partial charge is 0.383 e. The van der Waals surface area contributed by atoms with Crippen LogP contribution < -0.4 is 5.32 Å². The number of nitrogens with one attached hydrogen (secondary N) is 1. The molecule has 1 N–H and O–H groups in total. The zero-order valence-electron chi connectivity index (χ0n) is 13.4. The lowest BCUT2D eigenvalue weighted by molar-refractivity contribution is 0.180. The highest BCUT2D eigenvalue weighted by atomic mass is 79.9. The maximum atomic E-state index is 5.21. The Labute approximate surface area is 136 Å². The van der Waals surface area contributed by atoms with Crippen molar-refractivity contribution < 1.29 is 4.74 Å². The molecule has 3 atom stereocenters. The Morgan fingerprint density at radius 2 is 2.29 bits per heavy atom. The third-order valence-corrected chi connectivity index (χ3v) is 5.30. The second kappa shape index (κ2) is 8.30. The van der Waals surface area contributed by atoms with Crippen LogP contribution in [0.25, 0.3) is 0 Å². The Morgan fingerprint density at radius 1 is 1.48 bits per heavy atom. The topological polar surface area (TPSA) is 39.1 Å². The van der Waals surface area contributed by atoms with Crippen LogP contribution in [-0.2, 0) is 11.3 Å². The summed E-state index contributed by atoms with van der Waals surface area (Å²) in [6.07, 6.45) is 7.24. The van der Waals surface area contributed by atoms with E-state index < -0.39 is 0 Å². The number of hydrogen-bond acceptors (Lipinski definition) is 3. The van der Waals surface area contributed by atoms with Crippen molar-refractivity contribution in [3.05, 3.63) is 16.4 Å². The van der Waals surface area contributed by atoms with Crippen LogP contribution in [0.3, 0.4) is 0 Å². The van der Waals surface area contributed by atoms with E-state index in [2.05, 4.69) is 44.9 Å². The van der Waals surface area contributed by atoms with Crippen LogP contribution in [0, 0.1) is 11.8 Å². The molecule has 1 aliphatic rings. The summed E-state index contributed by atoms with van der Waals surface area (Å²) in [5.41, 5.74) is 1.29. The number of nitrogens with zero attached hydrogens (tertiary/aromatic N) is 2. The molecule has 0 bridgehead atoms. The van der Waals surface area contributed by atoms with E-state index in [1.165, 1.54) is 31.4 Å². The molecular formula is C16H28BrN3O. The number of rotatable bonds is 8. The number of methoxy groups -OCH3 is 1. The predicted molar refractivity (Wildman–Crippen MR) is 89.3 cm³/mol.